The van der Waals surface area contributed by atoms with E-state index in [2.05, 4.69) is 19.9 Å². The first-order valence-electron chi connectivity index (χ1n) is 5.30. The highest BCUT2D eigenvalue weighted by Gasteiger charge is 2.38. The second-order valence-corrected chi connectivity index (χ2v) is 3.43. The van der Waals surface area contributed by atoms with Crippen molar-refractivity contribution in [2.24, 2.45) is 0 Å². The average molecular weight is 242 g/mol. The third kappa shape index (κ3) is 2.10. The van der Waals surface area contributed by atoms with Gasteiger partial charge in [0.1, 0.15) is 0 Å². The Morgan fingerprint density at radius 3 is 2.76 bits per heavy atom. The minimum absolute atomic E-state index is 0.104. The Labute approximate surface area is 96.4 Å². The molecule has 2 heterocycles. The standard InChI is InChI=1S/C10H12F2N4O/c1-3-7-6-16-8(5-13-7)14-15-9(16)10(11,12)17-4-2/h5-6H,3-4H2,1-2H3. The Kier molecular flexibility index (Phi) is 3.01. The van der Waals surface area contributed by atoms with Gasteiger partial charge in [-0.25, -0.2) is 0 Å². The van der Waals surface area contributed by atoms with Crippen LogP contribution in [-0.4, -0.2) is 26.2 Å². The largest absolute Gasteiger partial charge is 0.418 e. The first kappa shape index (κ1) is 11.8. The molecule has 17 heavy (non-hydrogen) atoms. The Morgan fingerprint density at radius 2 is 2.12 bits per heavy atom. The molecule has 5 nitrogen and oxygen atoms in total. The molecule has 0 unspecified atom stereocenters. The first-order valence-corrected chi connectivity index (χ1v) is 5.30. The van der Waals surface area contributed by atoms with E-state index in [1.54, 1.807) is 0 Å². The van der Waals surface area contributed by atoms with Crippen LogP contribution in [0.3, 0.4) is 0 Å². The van der Waals surface area contributed by atoms with Crippen molar-refractivity contribution in [1.82, 2.24) is 19.6 Å². The summed E-state index contributed by atoms with van der Waals surface area (Å²) in [6.45, 7) is 3.28. The second-order valence-electron chi connectivity index (χ2n) is 3.43. The zero-order valence-electron chi connectivity index (χ0n) is 9.52. The summed E-state index contributed by atoms with van der Waals surface area (Å²) in [5.41, 5.74) is 0.961. The average Bonchev–Trinajstić information content (AvgIpc) is 2.71. The number of aromatic nitrogens is 4. The highest BCUT2D eigenvalue weighted by atomic mass is 19.3. The van der Waals surface area contributed by atoms with Crippen molar-refractivity contribution >= 4 is 5.65 Å². The highest BCUT2D eigenvalue weighted by Crippen LogP contribution is 2.27. The van der Waals surface area contributed by atoms with Crippen LogP contribution in [0.1, 0.15) is 25.4 Å². The van der Waals surface area contributed by atoms with Crippen LogP contribution in [0.4, 0.5) is 8.78 Å². The Hall–Kier alpha value is -1.63. The number of nitrogens with zero attached hydrogens (tertiary/aromatic N) is 4. The summed E-state index contributed by atoms with van der Waals surface area (Å²) >= 11 is 0. The Morgan fingerprint density at radius 1 is 1.35 bits per heavy atom. The molecule has 0 atom stereocenters. The van der Waals surface area contributed by atoms with E-state index >= 15 is 0 Å². The number of aryl methyl sites for hydroxylation is 1. The smallest absolute Gasteiger partial charge is 0.314 e. The molecular weight excluding hydrogens is 230 g/mol. The van der Waals surface area contributed by atoms with E-state index in [4.69, 9.17) is 0 Å². The lowest BCUT2D eigenvalue weighted by molar-refractivity contribution is -0.251. The lowest BCUT2D eigenvalue weighted by atomic mass is 10.3. The molecule has 2 rings (SSSR count). The van der Waals surface area contributed by atoms with Gasteiger partial charge in [-0.05, 0) is 13.3 Å². The molecule has 0 saturated carbocycles. The summed E-state index contributed by atoms with van der Waals surface area (Å²) in [5, 5.41) is 7.09. The van der Waals surface area contributed by atoms with E-state index in [0.717, 1.165) is 0 Å². The van der Waals surface area contributed by atoms with Gasteiger partial charge < -0.3 is 4.74 Å². The number of hydrogen-bond acceptors (Lipinski definition) is 4. The fraction of sp³-hybridized carbons (Fsp3) is 0.500. The quantitative estimate of drug-likeness (QED) is 0.820. The van der Waals surface area contributed by atoms with Crippen molar-refractivity contribution in [2.45, 2.75) is 26.4 Å². The van der Waals surface area contributed by atoms with Crippen LogP contribution >= 0.6 is 0 Å². The second kappa shape index (κ2) is 4.33. The molecule has 0 N–H and O–H groups in total. The van der Waals surface area contributed by atoms with Crippen molar-refractivity contribution < 1.29 is 13.5 Å². The van der Waals surface area contributed by atoms with Crippen LogP contribution in [0.15, 0.2) is 12.4 Å². The zero-order chi connectivity index (χ0) is 12.5. The molecular formula is C10H12F2N4O. The summed E-state index contributed by atoms with van der Waals surface area (Å²) in [6, 6.07) is 0. The van der Waals surface area contributed by atoms with Gasteiger partial charge in [-0.2, -0.15) is 8.78 Å². The van der Waals surface area contributed by atoms with Crippen LogP contribution in [-0.2, 0) is 17.3 Å². The number of ether oxygens (including phenoxy) is 1. The topological polar surface area (TPSA) is 52.3 Å². The van der Waals surface area contributed by atoms with Crippen molar-refractivity contribution in [1.29, 1.82) is 0 Å². The van der Waals surface area contributed by atoms with E-state index in [0.29, 0.717) is 12.1 Å². The third-order valence-electron chi connectivity index (χ3n) is 2.29. The Balaban J connectivity index is 2.54. The van der Waals surface area contributed by atoms with Gasteiger partial charge in [-0.1, -0.05) is 6.92 Å². The SMILES string of the molecule is CCOC(F)(F)c1nnc2cnc(CC)cn12. The fourth-order valence-electron chi connectivity index (χ4n) is 1.47. The molecule has 0 bridgehead atoms. The first-order chi connectivity index (χ1) is 8.08. The van der Waals surface area contributed by atoms with E-state index in [-0.39, 0.29) is 12.3 Å². The molecule has 7 heteroatoms. The third-order valence-corrected chi connectivity index (χ3v) is 2.29. The predicted molar refractivity (Wildman–Crippen MR) is 55.7 cm³/mol. The normalized spacial score (nSPS) is 12.2. The van der Waals surface area contributed by atoms with Crippen LogP contribution < -0.4 is 0 Å². The summed E-state index contributed by atoms with van der Waals surface area (Å²) < 4.78 is 32.8. The van der Waals surface area contributed by atoms with Crippen LogP contribution in [0, 0.1) is 0 Å². The van der Waals surface area contributed by atoms with Gasteiger partial charge in [0.05, 0.1) is 18.5 Å². The molecule has 0 radical (unpaired) electrons. The summed E-state index contributed by atoms with van der Waals surface area (Å²) in [6.07, 6.45) is 0.114. The number of halogens is 2. The molecule has 0 aliphatic rings. The van der Waals surface area contributed by atoms with Gasteiger partial charge in [0.2, 0.25) is 5.82 Å². The van der Waals surface area contributed by atoms with Gasteiger partial charge in [-0.15, -0.1) is 10.2 Å². The predicted octanol–water partition coefficient (Wildman–Crippen LogP) is 1.77. The van der Waals surface area contributed by atoms with Crippen molar-refractivity contribution in [3.8, 4) is 0 Å². The molecule has 2 aromatic heterocycles. The Bertz CT molecular complexity index is 526. The molecule has 0 aliphatic carbocycles. The molecule has 0 aromatic carbocycles. The van der Waals surface area contributed by atoms with Crippen molar-refractivity contribution in [3.05, 3.63) is 23.9 Å². The number of fused-ring (bicyclic) bond motifs is 1. The zero-order valence-corrected chi connectivity index (χ0v) is 9.52. The van der Waals surface area contributed by atoms with Gasteiger partial charge in [0, 0.05) is 6.20 Å². The minimum Gasteiger partial charge on any atom is -0.314 e. The maximum atomic E-state index is 13.6. The van der Waals surface area contributed by atoms with Crippen LogP contribution in [0.25, 0.3) is 5.65 Å². The number of rotatable bonds is 4. The molecule has 0 amide bonds. The molecule has 92 valence electrons. The lowest BCUT2D eigenvalue weighted by Crippen LogP contribution is -2.21. The highest BCUT2D eigenvalue weighted by molar-refractivity contribution is 5.35. The van der Waals surface area contributed by atoms with Crippen LogP contribution in [0.5, 0.6) is 0 Å². The summed E-state index contributed by atoms with van der Waals surface area (Å²) in [7, 11) is 0. The van der Waals surface area contributed by atoms with E-state index < -0.39 is 11.9 Å². The summed E-state index contributed by atoms with van der Waals surface area (Å²) in [5.74, 6) is -0.522. The van der Waals surface area contributed by atoms with E-state index in [9.17, 15) is 8.78 Å². The van der Waals surface area contributed by atoms with Gasteiger partial charge in [0.15, 0.2) is 5.65 Å². The fourth-order valence-corrected chi connectivity index (χ4v) is 1.47. The van der Waals surface area contributed by atoms with Crippen molar-refractivity contribution in [2.75, 3.05) is 6.61 Å². The van der Waals surface area contributed by atoms with Gasteiger partial charge in [-0.3, -0.25) is 9.38 Å². The number of hydrogen-bond donors (Lipinski definition) is 0. The summed E-state index contributed by atoms with van der Waals surface area (Å²) in [4.78, 5) is 4.06. The minimum atomic E-state index is -3.44. The monoisotopic (exact) mass is 242 g/mol. The molecule has 0 saturated heterocycles. The van der Waals surface area contributed by atoms with Gasteiger partial charge >= 0.3 is 6.11 Å². The van der Waals surface area contributed by atoms with Gasteiger partial charge in [0.25, 0.3) is 0 Å². The lowest BCUT2D eigenvalue weighted by Gasteiger charge is -2.13. The molecule has 0 aliphatic heterocycles. The van der Waals surface area contributed by atoms with E-state index in [1.165, 1.54) is 23.7 Å². The maximum absolute atomic E-state index is 13.6. The molecule has 0 fully saturated rings. The van der Waals surface area contributed by atoms with E-state index in [1.807, 2.05) is 6.92 Å². The van der Waals surface area contributed by atoms with Crippen LogP contribution in [0.2, 0.25) is 0 Å². The molecule has 2 aromatic rings. The number of alkyl halides is 2. The maximum Gasteiger partial charge on any atom is 0.418 e. The van der Waals surface area contributed by atoms with Crippen molar-refractivity contribution in [3.63, 3.8) is 0 Å². The molecule has 0 spiro atoms.